The highest BCUT2D eigenvalue weighted by Gasteiger charge is 2.33. The molecule has 1 saturated heterocycles. The highest BCUT2D eigenvalue weighted by Crippen LogP contribution is 2.29. The molecular weight excluding hydrogens is 314 g/mol. The maximum Gasteiger partial charge on any atom is 0.257 e. The summed E-state index contributed by atoms with van der Waals surface area (Å²) in [7, 11) is 0. The van der Waals surface area contributed by atoms with Crippen molar-refractivity contribution in [3.63, 3.8) is 0 Å². The lowest BCUT2D eigenvalue weighted by atomic mass is 10.1. The molecule has 2 aromatic rings. The van der Waals surface area contributed by atoms with E-state index < -0.39 is 6.10 Å². The molecule has 25 heavy (non-hydrogen) atoms. The lowest BCUT2D eigenvalue weighted by Crippen LogP contribution is -2.51. The number of hydrogen-bond acceptors (Lipinski definition) is 4. The molecule has 1 unspecified atom stereocenters. The molecule has 5 heteroatoms. The van der Waals surface area contributed by atoms with Crippen LogP contribution >= 0.6 is 0 Å². The standard InChI is InChI=1S/C20H19N3O2/c21-13-15-5-7-17(8-6-15)22-11-12-25-19(14-22)20(24)23-10-9-16-3-1-2-4-18(16)23/h1-8,19H,9-12,14H2. The summed E-state index contributed by atoms with van der Waals surface area (Å²) in [6.45, 7) is 2.51. The van der Waals surface area contributed by atoms with Gasteiger partial charge in [-0.25, -0.2) is 0 Å². The molecule has 4 rings (SSSR count). The van der Waals surface area contributed by atoms with Gasteiger partial charge >= 0.3 is 0 Å². The van der Waals surface area contributed by atoms with Gasteiger partial charge in [0.1, 0.15) is 0 Å². The number of para-hydroxylation sites is 1. The molecule has 0 spiro atoms. The van der Waals surface area contributed by atoms with Gasteiger partial charge in [-0.15, -0.1) is 0 Å². The number of nitriles is 1. The number of carbonyl (C=O) groups excluding carboxylic acids is 1. The van der Waals surface area contributed by atoms with E-state index in [9.17, 15) is 4.79 Å². The van der Waals surface area contributed by atoms with Crippen LogP contribution in [0, 0.1) is 11.3 Å². The summed E-state index contributed by atoms with van der Waals surface area (Å²) >= 11 is 0. The van der Waals surface area contributed by atoms with Gasteiger partial charge in [0.15, 0.2) is 6.10 Å². The Kier molecular flexibility index (Phi) is 4.12. The number of hydrogen-bond donors (Lipinski definition) is 0. The van der Waals surface area contributed by atoms with E-state index in [1.165, 1.54) is 5.56 Å². The van der Waals surface area contributed by atoms with Crippen LogP contribution in [0.25, 0.3) is 0 Å². The molecule has 0 bridgehead atoms. The van der Waals surface area contributed by atoms with Crippen LogP contribution in [0.3, 0.4) is 0 Å². The number of ether oxygens (including phenoxy) is 1. The van der Waals surface area contributed by atoms with E-state index in [1.54, 1.807) is 12.1 Å². The zero-order valence-corrected chi connectivity index (χ0v) is 13.9. The Labute approximate surface area is 147 Å². The Morgan fingerprint density at radius 2 is 1.92 bits per heavy atom. The first-order chi connectivity index (χ1) is 12.3. The minimum absolute atomic E-state index is 0.0308. The third-order valence-electron chi connectivity index (χ3n) is 4.86. The third-order valence-corrected chi connectivity index (χ3v) is 4.86. The van der Waals surface area contributed by atoms with Crippen molar-refractivity contribution in [1.29, 1.82) is 5.26 Å². The normalized spacial score (nSPS) is 19.4. The van der Waals surface area contributed by atoms with Crippen LogP contribution in [0.5, 0.6) is 0 Å². The lowest BCUT2D eigenvalue weighted by Gasteiger charge is -2.35. The molecule has 1 fully saturated rings. The fraction of sp³-hybridized carbons (Fsp3) is 0.300. The Balaban J connectivity index is 1.49. The number of benzene rings is 2. The van der Waals surface area contributed by atoms with Gasteiger partial charge in [-0.3, -0.25) is 4.79 Å². The van der Waals surface area contributed by atoms with Gasteiger partial charge in [-0.2, -0.15) is 5.26 Å². The van der Waals surface area contributed by atoms with Gasteiger partial charge in [0.25, 0.3) is 5.91 Å². The molecule has 2 heterocycles. The van der Waals surface area contributed by atoms with Crippen molar-refractivity contribution in [2.75, 3.05) is 36.0 Å². The lowest BCUT2D eigenvalue weighted by molar-refractivity contribution is -0.130. The highest BCUT2D eigenvalue weighted by atomic mass is 16.5. The first-order valence-electron chi connectivity index (χ1n) is 8.52. The first kappa shape index (κ1) is 15.7. The Bertz CT molecular complexity index is 826. The van der Waals surface area contributed by atoms with E-state index in [0.29, 0.717) is 18.7 Å². The van der Waals surface area contributed by atoms with Gasteiger partial charge in [-0.05, 0) is 42.3 Å². The van der Waals surface area contributed by atoms with Gasteiger partial charge < -0.3 is 14.5 Å². The molecule has 0 radical (unpaired) electrons. The summed E-state index contributed by atoms with van der Waals surface area (Å²) in [6, 6.07) is 17.6. The molecule has 0 N–H and O–H groups in total. The second-order valence-electron chi connectivity index (χ2n) is 6.33. The SMILES string of the molecule is N#Cc1ccc(N2CCOC(C(=O)N3CCc4ccccc43)C2)cc1. The van der Waals surface area contributed by atoms with E-state index in [-0.39, 0.29) is 5.91 Å². The van der Waals surface area contributed by atoms with Crippen LogP contribution in [0.4, 0.5) is 11.4 Å². The molecule has 5 nitrogen and oxygen atoms in total. The number of rotatable bonds is 2. The van der Waals surface area contributed by atoms with Crippen molar-refractivity contribution in [2.24, 2.45) is 0 Å². The van der Waals surface area contributed by atoms with E-state index in [2.05, 4.69) is 17.0 Å². The average Bonchev–Trinajstić information content (AvgIpc) is 3.12. The predicted octanol–water partition coefficient (Wildman–Crippen LogP) is 2.35. The molecule has 2 aliphatic heterocycles. The summed E-state index contributed by atoms with van der Waals surface area (Å²) < 4.78 is 5.78. The smallest absolute Gasteiger partial charge is 0.257 e. The van der Waals surface area contributed by atoms with Gasteiger partial charge in [0, 0.05) is 24.5 Å². The first-order valence-corrected chi connectivity index (χ1v) is 8.52. The summed E-state index contributed by atoms with van der Waals surface area (Å²) in [5.74, 6) is 0.0308. The molecule has 2 aromatic carbocycles. The van der Waals surface area contributed by atoms with Crippen LogP contribution < -0.4 is 9.80 Å². The average molecular weight is 333 g/mol. The number of nitrogens with zero attached hydrogens (tertiary/aromatic N) is 3. The summed E-state index contributed by atoms with van der Waals surface area (Å²) in [5.41, 5.74) is 3.88. The number of fused-ring (bicyclic) bond motifs is 1. The zero-order valence-electron chi connectivity index (χ0n) is 13.9. The van der Waals surface area contributed by atoms with E-state index >= 15 is 0 Å². The maximum atomic E-state index is 13.0. The molecule has 1 amide bonds. The zero-order chi connectivity index (χ0) is 17.2. The molecule has 0 aliphatic carbocycles. The van der Waals surface area contributed by atoms with Crippen molar-refractivity contribution in [1.82, 2.24) is 0 Å². The molecule has 126 valence electrons. The summed E-state index contributed by atoms with van der Waals surface area (Å²) in [4.78, 5) is 17.0. The van der Waals surface area contributed by atoms with Gasteiger partial charge in [0.2, 0.25) is 0 Å². The summed E-state index contributed by atoms with van der Waals surface area (Å²) in [5, 5.41) is 8.92. The third kappa shape index (κ3) is 2.97. The van der Waals surface area contributed by atoms with E-state index in [1.807, 2.05) is 35.2 Å². The molecule has 1 atom stereocenters. The fourth-order valence-corrected chi connectivity index (χ4v) is 3.52. The van der Waals surface area contributed by atoms with Crippen molar-refractivity contribution in [3.8, 4) is 6.07 Å². The minimum atomic E-state index is -0.462. The Morgan fingerprint density at radius 3 is 2.72 bits per heavy atom. The number of carbonyl (C=O) groups is 1. The van der Waals surface area contributed by atoms with Crippen LogP contribution in [-0.2, 0) is 16.0 Å². The Morgan fingerprint density at radius 1 is 1.12 bits per heavy atom. The molecule has 0 saturated carbocycles. The summed E-state index contributed by atoms with van der Waals surface area (Å²) in [6.07, 6.45) is 0.434. The highest BCUT2D eigenvalue weighted by molar-refractivity contribution is 5.98. The Hall–Kier alpha value is -2.84. The van der Waals surface area contributed by atoms with Gasteiger partial charge in [-0.1, -0.05) is 18.2 Å². The second kappa shape index (κ2) is 6.58. The van der Waals surface area contributed by atoms with Crippen LogP contribution in [0.1, 0.15) is 11.1 Å². The van der Waals surface area contributed by atoms with Crippen LogP contribution in [0.2, 0.25) is 0 Å². The van der Waals surface area contributed by atoms with Crippen LogP contribution in [-0.4, -0.2) is 38.3 Å². The molecule has 0 aromatic heterocycles. The van der Waals surface area contributed by atoms with E-state index in [4.69, 9.17) is 10.00 Å². The van der Waals surface area contributed by atoms with Crippen molar-refractivity contribution >= 4 is 17.3 Å². The van der Waals surface area contributed by atoms with Crippen molar-refractivity contribution in [3.05, 3.63) is 59.7 Å². The molecular formula is C20H19N3O2. The number of amides is 1. The topological polar surface area (TPSA) is 56.6 Å². The quantitative estimate of drug-likeness (QED) is 0.846. The largest absolute Gasteiger partial charge is 0.366 e. The van der Waals surface area contributed by atoms with Crippen LogP contribution in [0.15, 0.2) is 48.5 Å². The maximum absolute atomic E-state index is 13.0. The second-order valence-corrected chi connectivity index (χ2v) is 6.33. The number of anilines is 2. The van der Waals surface area contributed by atoms with E-state index in [0.717, 1.165) is 30.9 Å². The minimum Gasteiger partial charge on any atom is -0.366 e. The monoisotopic (exact) mass is 333 g/mol. The fourth-order valence-electron chi connectivity index (χ4n) is 3.52. The van der Waals surface area contributed by atoms with Gasteiger partial charge in [0.05, 0.1) is 24.8 Å². The molecule has 2 aliphatic rings. The van der Waals surface area contributed by atoms with Crippen molar-refractivity contribution in [2.45, 2.75) is 12.5 Å². The predicted molar refractivity (Wildman–Crippen MR) is 95.6 cm³/mol. The number of morpholine rings is 1. The van der Waals surface area contributed by atoms with Crippen molar-refractivity contribution < 1.29 is 9.53 Å².